The predicted octanol–water partition coefficient (Wildman–Crippen LogP) is 8.58. The first kappa shape index (κ1) is 24.2. The van der Waals surface area contributed by atoms with Gasteiger partial charge in [-0.2, -0.15) is 0 Å². The van der Waals surface area contributed by atoms with E-state index in [9.17, 15) is 0 Å². The molecular weight excluding hydrogens is 448 g/mol. The molecule has 2 unspecified atom stereocenters. The molecule has 0 aliphatic heterocycles. The van der Waals surface area contributed by atoms with Crippen LogP contribution in [-0.2, 0) is 5.54 Å². The highest BCUT2D eigenvalue weighted by Crippen LogP contribution is 2.48. The molecule has 6 rings (SSSR count). The Bertz CT molecular complexity index is 1430. The lowest BCUT2D eigenvalue weighted by atomic mass is 9.88. The van der Waals surface area contributed by atoms with Crippen molar-refractivity contribution in [3.05, 3.63) is 107 Å². The summed E-state index contributed by atoms with van der Waals surface area (Å²) in [5, 5.41) is 3.91. The van der Waals surface area contributed by atoms with Crippen LogP contribution in [0.5, 0.6) is 0 Å². The summed E-state index contributed by atoms with van der Waals surface area (Å²) in [6.45, 7) is 5.47. The molecule has 2 aliphatic carbocycles. The normalized spacial score (nSPS) is 18.8. The van der Waals surface area contributed by atoms with Gasteiger partial charge in [0.05, 0.1) is 11.6 Å². The second-order valence-corrected chi connectivity index (χ2v) is 11.1. The molecule has 2 aliphatic rings. The van der Waals surface area contributed by atoms with E-state index in [4.69, 9.17) is 5.73 Å². The number of nitrogens with one attached hydrogen (secondary N) is 1. The van der Waals surface area contributed by atoms with Crippen LogP contribution in [0.15, 0.2) is 84.9 Å². The molecular formula is C35H38N2. The summed E-state index contributed by atoms with van der Waals surface area (Å²) in [5.41, 5.74) is 19.4. The zero-order valence-electron chi connectivity index (χ0n) is 22.2. The van der Waals surface area contributed by atoms with E-state index in [1.807, 2.05) is 0 Å². The Morgan fingerprint density at radius 3 is 2.11 bits per heavy atom. The summed E-state index contributed by atoms with van der Waals surface area (Å²) in [6, 6.07) is 31.6. The van der Waals surface area contributed by atoms with E-state index >= 15 is 0 Å². The Morgan fingerprint density at radius 1 is 0.649 bits per heavy atom. The Kier molecular flexibility index (Phi) is 6.48. The van der Waals surface area contributed by atoms with Gasteiger partial charge in [-0.1, -0.05) is 112 Å². The topological polar surface area (TPSA) is 38.0 Å². The third-order valence-electron chi connectivity index (χ3n) is 8.49. The molecule has 0 bridgehead atoms. The van der Waals surface area contributed by atoms with Crippen LogP contribution in [0.3, 0.4) is 0 Å². The molecule has 188 valence electrons. The van der Waals surface area contributed by atoms with Gasteiger partial charge in [-0.15, -0.1) is 0 Å². The highest BCUT2D eigenvalue weighted by Gasteiger charge is 2.36. The molecule has 37 heavy (non-hydrogen) atoms. The van der Waals surface area contributed by atoms with Crippen LogP contribution < -0.4 is 11.1 Å². The molecule has 0 radical (unpaired) electrons. The third-order valence-corrected chi connectivity index (χ3v) is 8.49. The molecule has 3 N–H and O–H groups in total. The zero-order chi connectivity index (χ0) is 25.4. The molecule has 0 saturated heterocycles. The molecule has 0 spiro atoms. The lowest BCUT2D eigenvalue weighted by Gasteiger charge is -2.22. The fraction of sp³-hybridized carbons (Fsp3) is 0.314. The van der Waals surface area contributed by atoms with Crippen molar-refractivity contribution >= 4 is 0 Å². The first-order valence-electron chi connectivity index (χ1n) is 14.1. The lowest BCUT2D eigenvalue weighted by Crippen LogP contribution is -2.31. The van der Waals surface area contributed by atoms with Crippen LogP contribution in [0.25, 0.3) is 33.4 Å². The molecule has 0 amide bonds. The number of hydrogen-bond donors (Lipinski definition) is 2. The number of hydrogen-bond acceptors (Lipinski definition) is 2. The summed E-state index contributed by atoms with van der Waals surface area (Å²) in [4.78, 5) is 0. The Hall–Kier alpha value is -3.20. The Labute approximate surface area is 221 Å². The van der Waals surface area contributed by atoms with Crippen LogP contribution in [0, 0.1) is 0 Å². The van der Waals surface area contributed by atoms with Crippen LogP contribution in [0.1, 0.15) is 80.7 Å². The standard InChI is InChI=1S/C35H38N2/c1-3-4-5-6-7-12-21-37-34-30-15-9-8-13-26(30)27-19-17-24(22-31(27)34)25-18-20-29-28-14-10-11-16-32(28)35(2,36)33(29)23-25/h8-11,13-20,22-23,34,37H,3-7,12,21,36H2,1-2H3. The summed E-state index contributed by atoms with van der Waals surface area (Å²) >= 11 is 0. The molecule has 2 atom stereocenters. The molecule has 4 aromatic carbocycles. The van der Waals surface area contributed by atoms with Crippen molar-refractivity contribution in [2.45, 2.75) is 64.0 Å². The van der Waals surface area contributed by atoms with E-state index in [0.29, 0.717) is 0 Å². The van der Waals surface area contributed by atoms with Crippen molar-refractivity contribution in [1.29, 1.82) is 0 Å². The summed E-state index contributed by atoms with van der Waals surface area (Å²) in [6.07, 6.45) is 7.92. The van der Waals surface area contributed by atoms with Crippen LogP contribution in [0.4, 0.5) is 0 Å². The minimum absolute atomic E-state index is 0.250. The molecule has 4 aromatic rings. The lowest BCUT2D eigenvalue weighted by molar-refractivity contribution is 0.547. The van der Waals surface area contributed by atoms with Gasteiger partial charge < -0.3 is 11.1 Å². The van der Waals surface area contributed by atoms with E-state index in [0.717, 1.165) is 6.54 Å². The highest BCUT2D eigenvalue weighted by atomic mass is 14.9. The third kappa shape index (κ3) is 4.23. The van der Waals surface area contributed by atoms with Crippen LogP contribution in [-0.4, -0.2) is 6.54 Å². The van der Waals surface area contributed by atoms with Crippen molar-refractivity contribution < 1.29 is 0 Å². The van der Waals surface area contributed by atoms with Gasteiger partial charge in [-0.3, -0.25) is 0 Å². The average molecular weight is 487 g/mol. The van der Waals surface area contributed by atoms with Gasteiger partial charge in [0.2, 0.25) is 0 Å². The Morgan fingerprint density at radius 2 is 1.27 bits per heavy atom. The van der Waals surface area contributed by atoms with Crippen LogP contribution in [0.2, 0.25) is 0 Å². The number of nitrogens with two attached hydrogens (primary N) is 1. The van der Waals surface area contributed by atoms with Gasteiger partial charge in [0, 0.05) is 0 Å². The van der Waals surface area contributed by atoms with Gasteiger partial charge in [-0.05, 0) is 87.7 Å². The highest BCUT2D eigenvalue weighted by molar-refractivity contribution is 5.85. The van der Waals surface area contributed by atoms with Crippen molar-refractivity contribution in [2.75, 3.05) is 6.54 Å². The molecule has 2 heteroatoms. The number of rotatable bonds is 9. The van der Waals surface area contributed by atoms with E-state index in [1.54, 1.807) is 0 Å². The van der Waals surface area contributed by atoms with Crippen molar-refractivity contribution in [1.82, 2.24) is 5.32 Å². The minimum atomic E-state index is -0.476. The predicted molar refractivity (Wildman–Crippen MR) is 157 cm³/mol. The fourth-order valence-electron chi connectivity index (χ4n) is 6.46. The summed E-state index contributed by atoms with van der Waals surface area (Å²) < 4.78 is 0. The fourth-order valence-corrected chi connectivity index (χ4v) is 6.46. The second kappa shape index (κ2) is 9.93. The molecule has 2 nitrogen and oxygen atoms in total. The van der Waals surface area contributed by atoms with Crippen LogP contribution >= 0.6 is 0 Å². The number of benzene rings is 4. The summed E-state index contributed by atoms with van der Waals surface area (Å²) in [5.74, 6) is 0. The largest absolute Gasteiger partial charge is 0.318 e. The van der Waals surface area contributed by atoms with Crippen molar-refractivity contribution in [3.8, 4) is 33.4 Å². The molecule has 0 heterocycles. The van der Waals surface area contributed by atoms with Gasteiger partial charge in [0.25, 0.3) is 0 Å². The first-order valence-corrected chi connectivity index (χ1v) is 14.1. The van der Waals surface area contributed by atoms with Gasteiger partial charge in [0.15, 0.2) is 0 Å². The van der Waals surface area contributed by atoms with E-state index < -0.39 is 5.54 Å². The van der Waals surface area contributed by atoms with E-state index in [-0.39, 0.29) is 6.04 Å². The number of fused-ring (bicyclic) bond motifs is 6. The average Bonchev–Trinajstić information content (AvgIpc) is 3.36. The van der Waals surface area contributed by atoms with Crippen molar-refractivity contribution in [3.63, 3.8) is 0 Å². The first-order chi connectivity index (χ1) is 18.1. The number of unbranched alkanes of at least 4 members (excludes halogenated alkanes) is 5. The van der Waals surface area contributed by atoms with E-state index in [2.05, 4.69) is 104 Å². The van der Waals surface area contributed by atoms with Gasteiger partial charge in [-0.25, -0.2) is 0 Å². The van der Waals surface area contributed by atoms with Gasteiger partial charge in [0.1, 0.15) is 0 Å². The monoisotopic (exact) mass is 486 g/mol. The molecule has 0 aromatic heterocycles. The SMILES string of the molecule is CCCCCCCCNC1c2ccccc2-c2ccc(-c3ccc4c(c3)C(C)(N)c3ccccc3-4)cc21. The molecule has 0 saturated carbocycles. The summed E-state index contributed by atoms with van der Waals surface area (Å²) in [7, 11) is 0. The maximum Gasteiger partial charge on any atom is 0.0649 e. The maximum atomic E-state index is 6.91. The smallest absolute Gasteiger partial charge is 0.0649 e. The van der Waals surface area contributed by atoms with Crippen molar-refractivity contribution in [2.24, 2.45) is 5.73 Å². The quantitative estimate of drug-likeness (QED) is 0.233. The maximum absolute atomic E-state index is 6.91. The second-order valence-electron chi connectivity index (χ2n) is 11.1. The minimum Gasteiger partial charge on any atom is -0.318 e. The van der Waals surface area contributed by atoms with Gasteiger partial charge >= 0.3 is 0 Å². The zero-order valence-corrected chi connectivity index (χ0v) is 22.2. The Balaban J connectivity index is 1.29. The molecule has 0 fully saturated rings. The van der Waals surface area contributed by atoms with E-state index in [1.165, 1.54) is 94.2 Å².